The van der Waals surface area contributed by atoms with Gasteiger partial charge in [0.1, 0.15) is 0 Å². The van der Waals surface area contributed by atoms with E-state index in [2.05, 4.69) is 28.4 Å². The van der Waals surface area contributed by atoms with E-state index in [1.54, 1.807) is 25.3 Å². The van der Waals surface area contributed by atoms with Gasteiger partial charge in [-0.3, -0.25) is 4.79 Å². The minimum atomic E-state index is -1.08. The van der Waals surface area contributed by atoms with Gasteiger partial charge < -0.3 is 15.4 Å². The van der Waals surface area contributed by atoms with Gasteiger partial charge in [-0.1, -0.05) is 12.2 Å². The van der Waals surface area contributed by atoms with Gasteiger partial charge in [0, 0.05) is 12.4 Å². The third-order valence-electron chi connectivity index (χ3n) is 2.86. The molecule has 0 aliphatic carbocycles. The molecule has 0 spiro atoms. The number of imidazole rings is 1. The van der Waals surface area contributed by atoms with Crippen molar-refractivity contribution in [3.05, 3.63) is 43.5 Å². The Morgan fingerprint density at radius 1 is 1.61 bits per heavy atom. The maximum Gasteiger partial charge on any atom is 0.287 e. The zero-order valence-corrected chi connectivity index (χ0v) is 10.5. The number of aromatic nitrogens is 2. The van der Waals surface area contributed by atoms with Crippen LogP contribution in [-0.4, -0.2) is 32.6 Å². The first-order valence-corrected chi connectivity index (χ1v) is 5.78. The van der Waals surface area contributed by atoms with E-state index in [9.17, 15) is 9.90 Å². The molecule has 18 heavy (non-hydrogen) atoms. The molecule has 0 aromatic carbocycles. The van der Waals surface area contributed by atoms with Gasteiger partial charge in [0.15, 0.2) is 5.82 Å². The van der Waals surface area contributed by atoms with Crippen LogP contribution < -0.4 is 5.32 Å². The average molecular weight is 249 g/mol. The number of nitrogens with one attached hydrogen (secondary N) is 2. The van der Waals surface area contributed by atoms with Gasteiger partial charge in [0.2, 0.25) is 0 Å². The molecule has 1 aromatic heterocycles. The molecule has 1 atom stereocenters. The van der Waals surface area contributed by atoms with Crippen LogP contribution in [-0.2, 0) is 0 Å². The molecule has 1 amide bonds. The van der Waals surface area contributed by atoms with Crippen LogP contribution in [0.3, 0.4) is 0 Å². The van der Waals surface area contributed by atoms with Crippen molar-refractivity contribution in [3.63, 3.8) is 0 Å². The number of hydrogen-bond acceptors (Lipinski definition) is 3. The van der Waals surface area contributed by atoms with Crippen molar-refractivity contribution in [2.75, 3.05) is 0 Å². The summed E-state index contributed by atoms with van der Waals surface area (Å²) < 4.78 is 0. The largest absolute Gasteiger partial charge is 0.387 e. The topological polar surface area (TPSA) is 78.0 Å². The van der Waals surface area contributed by atoms with Crippen LogP contribution in [0.15, 0.2) is 37.7 Å². The van der Waals surface area contributed by atoms with Crippen molar-refractivity contribution in [2.24, 2.45) is 0 Å². The summed E-state index contributed by atoms with van der Waals surface area (Å²) in [5, 5.41) is 13.2. The van der Waals surface area contributed by atoms with Crippen LogP contribution in [0.25, 0.3) is 0 Å². The summed E-state index contributed by atoms with van der Waals surface area (Å²) in [5.74, 6) is -0.125. The Hall–Kier alpha value is -1.88. The molecular formula is C13H19N3O2. The highest BCUT2D eigenvalue weighted by Gasteiger charge is 2.32. The Bertz CT molecular complexity index is 402. The first kappa shape index (κ1) is 14.2. The fourth-order valence-electron chi connectivity index (χ4n) is 1.73. The maximum absolute atomic E-state index is 11.8. The number of amides is 1. The second-order valence-electron chi connectivity index (χ2n) is 4.22. The quantitative estimate of drug-likeness (QED) is 0.639. The number of rotatable bonds is 7. The molecule has 5 heteroatoms. The summed E-state index contributed by atoms with van der Waals surface area (Å²) >= 11 is 0. The first-order valence-electron chi connectivity index (χ1n) is 5.78. The Morgan fingerprint density at radius 2 is 2.22 bits per heavy atom. The van der Waals surface area contributed by atoms with Gasteiger partial charge in [0.05, 0.1) is 11.6 Å². The molecule has 0 bridgehead atoms. The van der Waals surface area contributed by atoms with Crippen molar-refractivity contribution in [3.8, 4) is 0 Å². The number of carbonyl (C=O) groups excluding carboxylic acids is 1. The maximum atomic E-state index is 11.8. The van der Waals surface area contributed by atoms with Gasteiger partial charge >= 0.3 is 0 Å². The highest BCUT2D eigenvalue weighted by atomic mass is 16.3. The third kappa shape index (κ3) is 3.30. The monoisotopic (exact) mass is 249 g/mol. The molecule has 0 saturated carbocycles. The molecule has 1 heterocycles. The second-order valence-corrected chi connectivity index (χ2v) is 4.22. The molecule has 0 radical (unpaired) electrons. The number of carbonyl (C=O) groups is 1. The molecule has 98 valence electrons. The van der Waals surface area contributed by atoms with Crippen molar-refractivity contribution in [1.82, 2.24) is 15.3 Å². The molecule has 5 nitrogen and oxygen atoms in total. The minimum Gasteiger partial charge on any atom is -0.387 e. The molecule has 3 N–H and O–H groups in total. The van der Waals surface area contributed by atoms with Gasteiger partial charge in [-0.2, -0.15) is 0 Å². The first-order chi connectivity index (χ1) is 8.53. The van der Waals surface area contributed by atoms with Gasteiger partial charge in [-0.25, -0.2) is 4.98 Å². The third-order valence-corrected chi connectivity index (χ3v) is 2.86. The fourth-order valence-corrected chi connectivity index (χ4v) is 1.73. The van der Waals surface area contributed by atoms with E-state index >= 15 is 0 Å². The number of hydrogen-bond donors (Lipinski definition) is 3. The molecular weight excluding hydrogens is 230 g/mol. The Kier molecular flexibility index (Phi) is 4.85. The zero-order valence-electron chi connectivity index (χ0n) is 10.5. The SMILES string of the molecule is C=CCC(O)(CC=C)C(C)NC(=O)c1ncc[nH]1. The molecule has 1 unspecified atom stereocenters. The van der Waals surface area contributed by atoms with E-state index in [1.807, 2.05) is 0 Å². The smallest absolute Gasteiger partial charge is 0.287 e. The molecule has 1 aromatic rings. The van der Waals surface area contributed by atoms with Crippen LogP contribution in [0.5, 0.6) is 0 Å². The van der Waals surface area contributed by atoms with Crippen molar-refractivity contribution < 1.29 is 9.90 Å². The molecule has 0 saturated heterocycles. The Morgan fingerprint density at radius 3 is 2.67 bits per heavy atom. The van der Waals surface area contributed by atoms with Gasteiger partial charge in [0.25, 0.3) is 5.91 Å². The zero-order chi connectivity index (χ0) is 13.6. The summed E-state index contributed by atoms with van der Waals surface area (Å²) in [5.41, 5.74) is -1.08. The lowest BCUT2D eigenvalue weighted by Gasteiger charge is -2.32. The summed E-state index contributed by atoms with van der Waals surface area (Å²) in [6, 6.07) is -0.439. The van der Waals surface area contributed by atoms with Gasteiger partial charge in [-0.15, -0.1) is 13.2 Å². The molecule has 0 aliphatic rings. The summed E-state index contributed by atoms with van der Waals surface area (Å²) in [6.07, 6.45) is 7.06. The molecule has 0 fully saturated rings. The highest BCUT2D eigenvalue weighted by Crippen LogP contribution is 2.21. The van der Waals surface area contributed by atoms with E-state index in [0.717, 1.165) is 0 Å². The Balaban J connectivity index is 2.72. The van der Waals surface area contributed by atoms with Crippen molar-refractivity contribution >= 4 is 5.91 Å². The molecule has 0 aliphatic heterocycles. The Labute approximate surface area is 107 Å². The van der Waals surface area contributed by atoms with Crippen LogP contribution in [0, 0.1) is 0 Å². The van der Waals surface area contributed by atoms with Gasteiger partial charge in [-0.05, 0) is 19.8 Å². The van der Waals surface area contributed by atoms with E-state index in [4.69, 9.17) is 0 Å². The second kappa shape index (κ2) is 6.16. The summed E-state index contributed by atoms with van der Waals surface area (Å²) in [6.45, 7) is 8.97. The van der Waals surface area contributed by atoms with Crippen molar-refractivity contribution in [2.45, 2.75) is 31.4 Å². The fraction of sp³-hybridized carbons (Fsp3) is 0.385. The summed E-state index contributed by atoms with van der Waals surface area (Å²) in [4.78, 5) is 18.4. The number of H-pyrrole nitrogens is 1. The van der Waals surface area contributed by atoms with E-state index in [1.165, 1.54) is 6.20 Å². The van der Waals surface area contributed by atoms with E-state index < -0.39 is 11.6 Å². The number of aliphatic hydroxyl groups is 1. The van der Waals surface area contributed by atoms with Crippen molar-refractivity contribution in [1.29, 1.82) is 0 Å². The molecule has 1 rings (SSSR count). The highest BCUT2D eigenvalue weighted by molar-refractivity contribution is 5.90. The number of aromatic amines is 1. The normalized spacial score (nSPS) is 12.8. The van der Waals surface area contributed by atoms with Crippen LogP contribution >= 0.6 is 0 Å². The number of nitrogens with zero attached hydrogens (tertiary/aromatic N) is 1. The van der Waals surface area contributed by atoms with Crippen LogP contribution in [0.4, 0.5) is 0 Å². The summed E-state index contributed by atoms with van der Waals surface area (Å²) in [7, 11) is 0. The standard InChI is InChI=1S/C13H19N3O2/c1-4-6-13(18,7-5-2)10(3)16-12(17)11-14-8-9-15-11/h4-5,8-10,18H,1-2,6-7H2,3H3,(H,14,15)(H,16,17). The van der Waals surface area contributed by atoms with E-state index in [0.29, 0.717) is 12.8 Å². The van der Waals surface area contributed by atoms with Crippen LogP contribution in [0.1, 0.15) is 30.4 Å². The lowest BCUT2D eigenvalue weighted by atomic mass is 9.88. The lowest BCUT2D eigenvalue weighted by Crippen LogP contribution is -2.50. The van der Waals surface area contributed by atoms with E-state index in [-0.39, 0.29) is 11.7 Å². The average Bonchev–Trinajstić information content (AvgIpc) is 2.82. The predicted molar refractivity (Wildman–Crippen MR) is 70.1 cm³/mol. The minimum absolute atomic E-state index is 0.224. The lowest BCUT2D eigenvalue weighted by molar-refractivity contribution is 0.0126. The predicted octanol–water partition coefficient (Wildman–Crippen LogP) is 1.41. The van der Waals surface area contributed by atoms with Crippen LogP contribution in [0.2, 0.25) is 0 Å².